The van der Waals surface area contributed by atoms with Crippen LogP contribution >= 0.6 is 0 Å². The number of hydrogen-bond donors (Lipinski definition) is 1. The summed E-state index contributed by atoms with van der Waals surface area (Å²) >= 11 is 0. The molecular weight excluding hydrogens is 203 g/mol. The van der Waals surface area contributed by atoms with Crippen LogP contribution in [0.25, 0.3) is 0 Å². The Kier molecular flexibility index (Phi) is 3.30. The number of hydrogen-bond acceptors (Lipinski definition) is 3. The topological polar surface area (TPSA) is 63.4 Å². The second-order valence-corrected chi connectivity index (χ2v) is 2.77. The van der Waals surface area contributed by atoms with Crippen molar-refractivity contribution in [3.63, 3.8) is 0 Å². The monoisotopic (exact) mass is 216 g/mol. The summed E-state index contributed by atoms with van der Waals surface area (Å²) < 4.78 is 44.6. The quantitative estimate of drug-likeness (QED) is 0.575. The molecule has 0 aromatic heterocycles. The van der Waals surface area contributed by atoms with Gasteiger partial charge in [0.15, 0.2) is 0 Å². The molecule has 0 saturated carbocycles. The highest BCUT2D eigenvalue weighted by Crippen LogP contribution is 2.37. The fourth-order valence-electron chi connectivity index (χ4n) is 1.14. The van der Waals surface area contributed by atoms with Gasteiger partial charge in [0.25, 0.3) is 0 Å². The Morgan fingerprint density at radius 2 is 2.00 bits per heavy atom. The lowest BCUT2D eigenvalue weighted by Crippen LogP contribution is -2.56. The van der Waals surface area contributed by atoms with E-state index in [1.807, 2.05) is 0 Å². The third kappa shape index (κ3) is 2.14. The molecule has 14 heavy (non-hydrogen) atoms. The van der Waals surface area contributed by atoms with Gasteiger partial charge in [-0.05, 0) is 6.42 Å². The Bertz CT molecular complexity index is 260. The third-order valence-electron chi connectivity index (χ3n) is 2.01. The van der Waals surface area contributed by atoms with Crippen molar-refractivity contribution in [3.05, 3.63) is 10.1 Å². The van der Waals surface area contributed by atoms with Gasteiger partial charge in [-0.25, -0.2) is 0 Å². The number of rotatable bonds is 4. The summed E-state index contributed by atoms with van der Waals surface area (Å²) in [5.74, 6) is 0. The van der Waals surface area contributed by atoms with Crippen molar-refractivity contribution in [2.75, 3.05) is 0 Å². The molecule has 0 aliphatic carbocycles. The van der Waals surface area contributed by atoms with Crippen LogP contribution < -0.4 is 0 Å². The first-order chi connectivity index (χ1) is 6.56. The first-order valence-electron chi connectivity index (χ1n) is 4.50. The third-order valence-corrected chi connectivity index (χ3v) is 2.01. The predicted molar refractivity (Wildman–Crippen MR) is 42.4 cm³/mol. The van der Waals surface area contributed by atoms with Crippen molar-refractivity contribution in [3.8, 4) is 0 Å². The van der Waals surface area contributed by atoms with Crippen LogP contribution in [0.1, 0.15) is 28.1 Å². The number of nitrogens with zero attached hydrogens (tertiary/aromatic N) is 1. The summed E-state index contributed by atoms with van der Waals surface area (Å²) in [6.45, 7) is 2.01. The first kappa shape index (κ1) is 11.2. The van der Waals surface area contributed by atoms with Gasteiger partial charge in [-0.1, -0.05) is 13.8 Å². The predicted octanol–water partition coefficient (Wildman–Crippen LogP) is 1.75. The highest BCUT2D eigenvalue weighted by Gasteiger charge is 2.62. The van der Waals surface area contributed by atoms with E-state index >= 15 is 0 Å². The van der Waals surface area contributed by atoms with E-state index in [1.54, 1.807) is 0 Å². The van der Waals surface area contributed by atoms with Crippen LogP contribution in [0.2, 0.25) is 0 Å². The van der Waals surface area contributed by atoms with Crippen LogP contribution in [-0.2, 0) is 0 Å². The van der Waals surface area contributed by atoms with Crippen LogP contribution in [0.5, 0.6) is 0 Å². The van der Waals surface area contributed by atoms with Crippen molar-refractivity contribution < 1.29 is 24.6 Å². The van der Waals surface area contributed by atoms with E-state index in [0.717, 1.165) is 13.8 Å². The van der Waals surface area contributed by atoms with Gasteiger partial charge in [-0.2, -0.15) is 13.2 Å². The van der Waals surface area contributed by atoms with Crippen LogP contribution in [0.4, 0.5) is 13.2 Å². The second-order valence-electron chi connectivity index (χ2n) is 2.77. The lowest BCUT2D eigenvalue weighted by atomic mass is 9.89. The summed E-state index contributed by atoms with van der Waals surface area (Å²) in [6, 6.07) is -3.17. The van der Waals surface area contributed by atoms with Crippen LogP contribution in [0, 0.1) is 10.1 Å². The zero-order chi connectivity index (χ0) is 12.5. The second kappa shape index (κ2) is 4.12. The van der Waals surface area contributed by atoms with E-state index in [2.05, 4.69) is 0 Å². The first-order valence-corrected chi connectivity index (χ1v) is 4.00. The smallest absolute Gasteiger partial charge is 0.375 e. The summed E-state index contributed by atoms with van der Waals surface area (Å²) in [5.41, 5.74) is -3.63. The van der Waals surface area contributed by atoms with E-state index in [0.29, 0.717) is 0 Å². The SMILES string of the molecule is [2H]C(CC)([N+](=O)[O-])C(O)(CC)C(F)(F)F. The molecule has 0 aliphatic rings. The van der Waals surface area contributed by atoms with Crippen LogP contribution in [-0.4, -0.2) is 27.8 Å². The molecular formula is C7H12F3NO3. The Morgan fingerprint density at radius 3 is 2.07 bits per heavy atom. The molecule has 84 valence electrons. The number of aliphatic hydroxyl groups is 1. The maximum atomic E-state index is 12.5. The molecule has 0 amide bonds. The van der Waals surface area contributed by atoms with Gasteiger partial charge in [0.05, 0.1) is 0 Å². The molecule has 0 fully saturated rings. The van der Waals surface area contributed by atoms with Gasteiger partial charge in [0.2, 0.25) is 11.6 Å². The minimum Gasteiger partial charge on any atom is -0.375 e. The maximum absolute atomic E-state index is 12.5. The van der Waals surface area contributed by atoms with Gasteiger partial charge in [0, 0.05) is 11.3 Å². The molecule has 1 N–H and O–H groups in total. The molecule has 0 heterocycles. The Labute approximate surface area is 80.3 Å². The molecule has 2 unspecified atom stereocenters. The normalized spacial score (nSPS) is 22.0. The Morgan fingerprint density at radius 1 is 1.57 bits per heavy atom. The molecule has 0 spiro atoms. The largest absolute Gasteiger partial charge is 0.424 e. The highest BCUT2D eigenvalue weighted by atomic mass is 19.4. The molecule has 0 aromatic carbocycles. The molecule has 0 rings (SSSR count). The van der Waals surface area contributed by atoms with Gasteiger partial charge >= 0.3 is 6.18 Å². The zero-order valence-corrected chi connectivity index (χ0v) is 7.76. The van der Waals surface area contributed by atoms with Crippen molar-refractivity contribution >= 4 is 0 Å². The van der Waals surface area contributed by atoms with Crippen molar-refractivity contribution in [2.24, 2.45) is 0 Å². The molecule has 0 saturated heterocycles. The van der Waals surface area contributed by atoms with Crippen LogP contribution in [0.15, 0.2) is 0 Å². The van der Waals surface area contributed by atoms with Crippen molar-refractivity contribution in [1.82, 2.24) is 0 Å². The van der Waals surface area contributed by atoms with Gasteiger partial charge < -0.3 is 5.11 Å². The minimum absolute atomic E-state index is 0.732. The molecule has 0 aliphatic heterocycles. The Hall–Kier alpha value is -0.850. The van der Waals surface area contributed by atoms with Crippen molar-refractivity contribution in [2.45, 2.75) is 44.5 Å². The molecule has 4 nitrogen and oxygen atoms in total. The standard InChI is InChI=1S/C7H12F3NO3/c1-3-5(11(13)14)6(12,4-2)7(8,9)10/h5,12H,3-4H2,1-2H3/i5D. The molecule has 0 radical (unpaired) electrons. The fraction of sp³-hybridized carbons (Fsp3) is 1.00. The minimum atomic E-state index is -5.20. The molecule has 7 heteroatoms. The summed E-state index contributed by atoms with van der Waals surface area (Å²) in [7, 11) is 0. The average molecular weight is 216 g/mol. The van der Waals surface area contributed by atoms with E-state index in [1.165, 1.54) is 0 Å². The van der Waals surface area contributed by atoms with Crippen molar-refractivity contribution in [1.29, 1.82) is 0 Å². The maximum Gasteiger partial charge on any atom is 0.424 e. The average Bonchev–Trinajstić information content (AvgIpc) is 2.12. The van der Waals surface area contributed by atoms with E-state index in [4.69, 9.17) is 1.37 Å². The van der Waals surface area contributed by atoms with Crippen LogP contribution in [0.3, 0.4) is 0 Å². The van der Waals surface area contributed by atoms with E-state index < -0.39 is 35.6 Å². The lowest BCUT2D eigenvalue weighted by molar-refractivity contribution is -0.560. The van der Waals surface area contributed by atoms with E-state index in [9.17, 15) is 28.4 Å². The van der Waals surface area contributed by atoms with Gasteiger partial charge in [-0.3, -0.25) is 10.1 Å². The molecule has 0 aromatic rings. The molecule has 2 atom stereocenters. The number of halogens is 3. The lowest BCUT2D eigenvalue weighted by Gasteiger charge is -2.30. The summed E-state index contributed by atoms with van der Waals surface area (Å²) in [6.07, 6.45) is -6.87. The summed E-state index contributed by atoms with van der Waals surface area (Å²) in [5, 5.41) is 19.8. The zero-order valence-electron chi connectivity index (χ0n) is 8.76. The van der Waals surface area contributed by atoms with E-state index in [-0.39, 0.29) is 0 Å². The number of nitro groups is 1. The summed E-state index contributed by atoms with van der Waals surface area (Å²) in [4.78, 5) is 9.06. The number of alkyl halides is 3. The fourth-order valence-corrected chi connectivity index (χ4v) is 1.14. The molecule has 0 bridgehead atoms. The highest BCUT2D eigenvalue weighted by molar-refractivity contribution is 4.92. The van der Waals surface area contributed by atoms with Gasteiger partial charge in [0.1, 0.15) is 1.37 Å². The Balaban J connectivity index is 5.54. The van der Waals surface area contributed by atoms with Gasteiger partial charge in [-0.15, -0.1) is 0 Å².